The van der Waals surface area contributed by atoms with Crippen LogP contribution >= 0.6 is 11.8 Å². The van der Waals surface area contributed by atoms with Gasteiger partial charge in [-0.1, -0.05) is 25.1 Å². The highest BCUT2D eigenvalue weighted by Crippen LogP contribution is 2.52. The van der Waals surface area contributed by atoms with E-state index in [-0.39, 0.29) is 34.7 Å². The molecule has 3 rings (SSSR count). The van der Waals surface area contributed by atoms with Crippen molar-refractivity contribution in [2.45, 2.75) is 47.9 Å². The van der Waals surface area contributed by atoms with Gasteiger partial charge in [-0.3, -0.25) is 4.79 Å². The quantitative estimate of drug-likeness (QED) is 0.562. The van der Waals surface area contributed by atoms with Crippen molar-refractivity contribution in [1.29, 1.82) is 0 Å². The van der Waals surface area contributed by atoms with E-state index >= 15 is 0 Å². The van der Waals surface area contributed by atoms with Gasteiger partial charge in [0.05, 0.1) is 19.2 Å². The second-order valence-electron chi connectivity index (χ2n) is 7.57. The number of rotatable bonds is 5. The van der Waals surface area contributed by atoms with Crippen LogP contribution in [0.5, 0.6) is 5.75 Å². The minimum Gasteiger partial charge on any atom is -0.497 e. The average Bonchev–Trinajstić information content (AvgIpc) is 2.76. The fraction of sp³-hybridized carbons (Fsp3) is 0.409. The number of alkyl halides is 6. The van der Waals surface area contributed by atoms with Crippen LogP contribution in [-0.4, -0.2) is 42.3 Å². The Morgan fingerprint density at radius 2 is 1.70 bits per heavy atom. The van der Waals surface area contributed by atoms with Gasteiger partial charge in [0.15, 0.2) is 0 Å². The first kappa shape index (κ1) is 25.2. The molecule has 0 spiro atoms. The summed E-state index contributed by atoms with van der Waals surface area (Å²) in [7, 11) is 1.50. The summed E-state index contributed by atoms with van der Waals surface area (Å²) in [4.78, 5) is 14.5. The fourth-order valence-electron chi connectivity index (χ4n) is 3.53. The van der Waals surface area contributed by atoms with E-state index < -0.39 is 23.5 Å². The number of halogens is 6. The third-order valence-electron chi connectivity index (χ3n) is 5.44. The number of methoxy groups -OCH3 is 1. The molecule has 2 aromatic rings. The molecule has 0 saturated carbocycles. The van der Waals surface area contributed by atoms with E-state index in [1.165, 1.54) is 12.0 Å². The van der Waals surface area contributed by atoms with E-state index in [9.17, 15) is 36.2 Å². The molecule has 0 aromatic heterocycles. The van der Waals surface area contributed by atoms with Gasteiger partial charge < -0.3 is 14.7 Å². The summed E-state index contributed by atoms with van der Waals surface area (Å²) in [5, 5.41) is 9.50. The van der Waals surface area contributed by atoms with Crippen molar-refractivity contribution >= 4 is 23.4 Å². The molecule has 0 saturated heterocycles. The minimum absolute atomic E-state index is 0.0126. The molecule has 2 aromatic carbocycles. The number of hydrogen-bond acceptors (Lipinski definition) is 4. The lowest BCUT2D eigenvalue weighted by Gasteiger charge is -2.36. The van der Waals surface area contributed by atoms with Gasteiger partial charge in [-0.2, -0.15) is 26.3 Å². The highest BCUT2D eigenvalue weighted by Gasteiger charge is 2.71. The van der Waals surface area contributed by atoms with Crippen LogP contribution in [0.15, 0.2) is 47.4 Å². The van der Waals surface area contributed by atoms with Crippen LogP contribution in [0.25, 0.3) is 0 Å². The Hall–Kier alpha value is -2.40. The molecule has 33 heavy (non-hydrogen) atoms. The maximum Gasteiger partial charge on any atom is 0.430 e. The molecule has 1 heterocycles. The molecule has 4 nitrogen and oxygen atoms in total. The summed E-state index contributed by atoms with van der Waals surface area (Å²) in [6, 6.07) is 9.03. The van der Waals surface area contributed by atoms with E-state index in [4.69, 9.17) is 4.74 Å². The summed E-state index contributed by atoms with van der Waals surface area (Å²) >= 11 is 1.08. The van der Waals surface area contributed by atoms with Crippen LogP contribution in [0.1, 0.15) is 24.5 Å². The Bertz CT molecular complexity index is 993. The molecule has 0 bridgehead atoms. The third kappa shape index (κ3) is 4.79. The molecule has 1 atom stereocenters. The largest absolute Gasteiger partial charge is 0.497 e. The number of benzene rings is 2. The molecule has 180 valence electrons. The average molecular weight is 493 g/mol. The van der Waals surface area contributed by atoms with E-state index in [1.807, 2.05) is 0 Å². The predicted octanol–water partition coefficient (Wildman–Crippen LogP) is 5.47. The summed E-state index contributed by atoms with van der Waals surface area (Å²) < 4.78 is 84.9. The number of amides is 1. The van der Waals surface area contributed by atoms with Gasteiger partial charge in [0.2, 0.25) is 5.91 Å². The number of fused-ring (bicyclic) bond motifs is 1. The monoisotopic (exact) mass is 493 g/mol. The second kappa shape index (κ2) is 9.09. The van der Waals surface area contributed by atoms with Crippen LogP contribution in [-0.2, 0) is 16.8 Å². The molecule has 11 heteroatoms. The first-order chi connectivity index (χ1) is 15.3. The molecule has 0 fully saturated rings. The highest BCUT2D eigenvalue weighted by molar-refractivity contribution is 8.00. The molecule has 0 unspecified atom stereocenters. The van der Waals surface area contributed by atoms with Crippen molar-refractivity contribution in [3.05, 3.63) is 53.6 Å². The number of hydrogen-bond donors (Lipinski definition) is 1. The molecule has 0 aliphatic carbocycles. The Labute approximate surface area is 190 Å². The topological polar surface area (TPSA) is 49.8 Å². The zero-order valence-corrected chi connectivity index (χ0v) is 18.4. The zero-order valence-electron chi connectivity index (χ0n) is 17.6. The smallest absolute Gasteiger partial charge is 0.430 e. The zero-order chi connectivity index (χ0) is 24.6. The molecular weight excluding hydrogens is 472 g/mol. The normalized spacial score (nSPS) is 17.0. The Kier molecular flexibility index (Phi) is 6.95. The van der Waals surface area contributed by atoms with E-state index in [0.717, 1.165) is 17.8 Å². The van der Waals surface area contributed by atoms with Crippen molar-refractivity contribution < 1.29 is 41.0 Å². The van der Waals surface area contributed by atoms with Gasteiger partial charge in [-0.15, -0.1) is 11.8 Å². The fourth-order valence-corrected chi connectivity index (χ4v) is 4.77. The predicted molar refractivity (Wildman–Crippen MR) is 111 cm³/mol. The van der Waals surface area contributed by atoms with Crippen LogP contribution in [0.4, 0.5) is 32.0 Å². The molecular formula is C22H21F6NO3S. The summed E-state index contributed by atoms with van der Waals surface area (Å²) in [6.45, 7) is 2.06. The lowest BCUT2D eigenvalue weighted by Crippen LogP contribution is -2.54. The Balaban J connectivity index is 1.99. The van der Waals surface area contributed by atoms with E-state index in [1.54, 1.807) is 31.2 Å². The van der Waals surface area contributed by atoms with Crippen molar-refractivity contribution in [3.8, 4) is 5.75 Å². The van der Waals surface area contributed by atoms with Crippen molar-refractivity contribution in [2.75, 3.05) is 18.6 Å². The Morgan fingerprint density at radius 3 is 2.21 bits per heavy atom. The molecule has 1 N–H and O–H groups in total. The van der Waals surface area contributed by atoms with E-state index in [2.05, 4.69) is 0 Å². The van der Waals surface area contributed by atoms with Gasteiger partial charge >= 0.3 is 12.4 Å². The van der Waals surface area contributed by atoms with Crippen molar-refractivity contribution in [2.24, 2.45) is 0 Å². The van der Waals surface area contributed by atoms with Crippen molar-refractivity contribution in [3.63, 3.8) is 0 Å². The standard InChI is InChI=1S/C22H21F6NO3S/c1-3-16-12-29(19(30)10-13-4-7-15(32-2)8-5-13)17-9-6-14(11-18(17)33-16)20(31,21(23,24)25)22(26,27)28/h4-9,11,16,31H,3,10,12H2,1-2H3/t16-/m0/s1. The summed E-state index contributed by atoms with van der Waals surface area (Å²) in [5.41, 5.74) is -5.48. The van der Waals surface area contributed by atoms with Crippen molar-refractivity contribution in [1.82, 2.24) is 0 Å². The number of anilines is 1. The SMILES string of the molecule is CC[C@H]1CN(C(=O)Cc2ccc(OC)cc2)c2ccc(C(O)(C(F)(F)F)C(F)(F)F)cc2S1. The molecule has 1 aliphatic rings. The summed E-state index contributed by atoms with van der Waals surface area (Å²) in [5.74, 6) is 0.251. The first-order valence-corrected chi connectivity index (χ1v) is 10.8. The van der Waals surface area contributed by atoms with Gasteiger partial charge in [-0.05, 0) is 36.2 Å². The lowest BCUT2D eigenvalue weighted by atomic mass is 9.92. The van der Waals surface area contributed by atoms with Crippen LogP contribution in [0, 0.1) is 0 Å². The summed E-state index contributed by atoms with van der Waals surface area (Å²) in [6.07, 6.45) is -11.4. The Morgan fingerprint density at radius 1 is 1.09 bits per heavy atom. The number of aliphatic hydroxyl groups is 1. The molecule has 1 amide bonds. The number of carbonyl (C=O) groups is 1. The molecule has 1 aliphatic heterocycles. The first-order valence-electron chi connectivity index (χ1n) is 9.92. The molecule has 0 radical (unpaired) electrons. The number of carbonyl (C=O) groups excluding carboxylic acids is 1. The number of nitrogens with zero attached hydrogens (tertiary/aromatic N) is 1. The number of ether oxygens (including phenoxy) is 1. The number of thioether (sulfide) groups is 1. The van der Waals surface area contributed by atoms with Gasteiger partial charge in [0, 0.05) is 22.3 Å². The van der Waals surface area contributed by atoms with Crippen LogP contribution in [0.2, 0.25) is 0 Å². The maximum absolute atomic E-state index is 13.3. The van der Waals surface area contributed by atoms with Crippen LogP contribution in [0.3, 0.4) is 0 Å². The lowest BCUT2D eigenvalue weighted by molar-refractivity contribution is -0.376. The minimum atomic E-state index is -5.98. The third-order valence-corrected chi connectivity index (χ3v) is 6.84. The van der Waals surface area contributed by atoms with E-state index in [0.29, 0.717) is 29.9 Å². The van der Waals surface area contributed by atoms with Gasteiger partial charge in [0.1, 0.15) is 5.75 Å². The van der Waals surface area contributed by atoms with Gasteiger partial charge in [-0.25, -0.2) is 0 Å². The second-order valence-corrected chi connectivity index (χ2v) is 8.91. The maximum atomic E-state index is 13.3. The van der Waals surface area contributed by atoms with Crippen LogP contribution < -0.4 is 9.64 Å². The van der Waals surface area contributed by atoms with Gasteiger partial charge in [0.25, 0.3) is 5.60 Å². The highest BCUT2D eigenvalue weighted by atomic mass is 32.2.